The Labute approximate surface area is 319 Å². The van der Waals surface area contributed by atoms with Gasteiger partial charge in [0.05, 0.1) is 0 Å². The Hall–Kier alpha value is -7.43. The van der Waals surface area contributed by atoms with Crippen LogP contribution in [0.4, 0.5) is 0 Å². The standard InChI is InChI=1S/C51H33N3O/c1-4-12-34(13-5-1)36-20-22-38(23-21-36)39-26-30-42(31-27-39)50-52-49(41-16-8-3-9-17-41)53-51(54-50)44-32-33-46-48(43-18-10-11-19-45(43)55-46)47(44)40-28-24-37(25-29-40)35-14-6-2-7-15-35/h1-33H. The molecule has 0 fully saturated rings. The van der Waals surface area contributed by atoms with Crippen molar-refractivity contribution < 1.29 is 4.42 Å². The molecule has 0 aliphatic rings. The molecule has 2 heterocycles. The topological polar surface area (TPSA) is 51.8 Å². The van der Waals surface area contributed by atoms with E-state index in [2.05, 4.69) is 140 Å². The van der Waals surface area contributed by atoms with Crippen LogP contribution in [0.1, 0.15) is 0 Å². The number of aromatic nitrogens is 3. The molecule has 10 rings (SSSR count). The van der Waals surface area contributed by atoms with Gasteiger partial charge >= 0.3 is 0 Å². The van der Waals surface area contributed by atoms with Crippen LogP contribution in [-0.4, -0.2) is 15.0 Å². The van der Waals surface area contributed by atoms with Crippen molar-refractivity contribution in [3.05, 3.63) is 200 Å². The number of nitrogens with zero attached hydrogens (tertiary/aromatic N) is 3. The molecular formula is C51H33N3O. The van der Waals surface area contributed by atoms with Gasteiger partial charge in [0.25, 0.3) is 0 Å². The first-order valence-corrected chi connectivity index (χ1v) is 18.4. The van der Waals surface area contributed by atoms with Crippen molar-refractivity contribution in [3.63, 3.8) is 0 Å². The second-order valence-corrected chi connectivity index (χ2v) is 13.6. The highest BCUT2D eigenvalue weighted by molar-refractivity contribution is 6.15. The lowest BCUT2D eigenvalue weighted by Gasteiger charge is -2.14. The number of hydrogen-bond acceptors (Lipinski definition) is 4. The third-order valence-corrected chi connectivity index (χ3v) is 10.2. The van der Waals surface area contributed by atoms with Gasteiger partial charge in [-0.15, -0.1) is 0 Å². The quantitative estimate of drug-likeness (QED) is 0.166. The molecule has 2 aromatic heterocycles. The van der Waals surface area contributed by atoms with E-state index < -0.39 is 0 Å². The van der Waals surface area contributed by atoms with Gasteiger partial charge in [-0.2, -0.15) is 0 Å². The summed E-state index contributed by atoms with van der Waals surface area (Å²) in [4.78, 5) is 15.4. The van der Waals surface area contributed by atoms with Gasteiger partial charge in [0.2, 0.25) is 0 Å². The normalized spacial score (nSPS) is 11.3. The van der Waals surface area contributed by atoms with Crippen LogP contribution in [-0.2, 0) is 0 Å². The second kappa shape index (κ2) is 13.8. The summed E-state index contributed by atoms with van der Waals surface area (Å²) in [6.07, 6.45) is 0. The Kier molecular flexibility index (Phi) is 8.12. The molecule has 55 heavy (non-hydrogen) atoms. The third-order valence-electron chi connectivity index (χ3n) is 10.2. The molecule has 8 aromatic carbocycles. The Morgan fingerprint density at radius 2 is 0.655 bits per heavy atom. The van der Waals surface area contributed by atoms with Crippen LogP contribution in [0.3, 0.4) is 0 Å². The first-order valence-electron chi connectivity index (χ1n) is 18.4. The van der Waals surface area contributed by atoms with E-state index >= 15 is 0 Å². The van der Waals surface area contributed by atoms with Crippen LogP contribution in [0.2, 0.25) is 0 Å². The summed E-state index contributed by atoms with van der Waals surface area (Å²) in [5, 5.41) is 2.08. The van der Waals surface area contributed by atoms with E-state index in [0.29, 0.717) is 17.5 Å². The second-order valence-electron chi connectivity index (χ2n) is 13.6. The van der Waals surface area contributed by atoms with Gasteiger partial charge in [0.1, 0.15) is 11.2 Å². The van der Waals surface area contributed by atoms with Gasteiger partial charge in [-0.1, -0.05) is 182 Å². The smallest absolute Gasteiger partial charge is 0.164 e. The Balaban J connectivity index is 1.11. The molecule has 0 saturated carbocycles. The van der Waals surface area contributed by atoms with E-state index in [0.717, 1.165) is 66.4 Å². The van der Waals surface area contributed by atoms with Gasteiger partial charge in [-0.3, -0.25) is 0 Å². The Morgan fingerprint density at radius 3 is 1.18 bits per heavy atom. The van der Waals surface area contributed by atoms with Crippen LogP contribution in [0.15, 0.2) is 205 Å². The van der Waals surface area contributed by atoms with Crippen molar-refractivity contribution in [2.45, 2.75) is 0 Å². The summed E-state index contributed by atoms with van der Waals surface area (Å²) in [6.45, 7) is 0. The Morgan fingerprint density at radius 1 is 0.273 bits per heavy atom. The lowest BCUT2D eigenvalue weighted by Crippen LogP contribution is -2.01. The van der Waals surface area contributed by atoms with Crippen molar-refractivity contribution in [1.29, 1.82) is 0 Å². The van der Waals surface area contributed by atoms with Crippen LogP contribution in [0.25, 0.3) is 101 Å². The van der Waals surface area contributed by atoms with Gasteiger partial charge in [0, 0.05) is 33.0 Å². The molecule has 0 aliphatic heterocycles. The maximum absolute atomic E-state index is 6.41. The largest absolute Gasteiger partial charge is 0.456 e. The Bertz CT molecular complexity index is 2920. The van der Waals surface area contributed by atoms with E-state index in [1.54, 1.807) is 0 Å². The number of rotatable bonds is 7. The van der Waals surface area contributed by atoms with Crippen molar-refractivity contribution in [2.75, 3.05) is 0 Å². The minimum atomic E-state index is 0.596. The average molecular weight is 704 g/mol. The van der Waals surface area contributed by atoms with Gasteiger partial charge in [-0.05, 0) is 57.1 Å². The molecule has 0 unspecified atom stereocenters. The van der Waals surface area contributed by atoms with E-state index in [9.17, 15) is 0 Å². The monoisotopic (exact) mass is 703 g/mol. The van der Waals surface area contributed by atoms with Gasteiger partial charge in [0.15, 0.2) is 17.5 Å². The summed E-state index contributed by atoms with van der Waals surface area (Å²) in [6, 6.07) is 69.3. The highest BCUT2D eigenvalue weighted by atomic mass is 16.3. The van der Waals surface area contributed by atoms with Gasteiger partial charge in [-0.25, -0.2) is 15.0 Å². The third kappa shape index (κ3) is 6.16. The molecule has 0 amide bonds. The van der Waals surface area contributed by atoms with Crippen molar-refractivity contribution >= 4 is 21.9 Å². The van der Waals surface area contributed by atoms with Crippen molar-refractivity contribution in [2.24, 2.45) is 0 Å². The first kappa shape index (κ1) is 32.2. The van der Waals surface area contributed by atoms with E-state index in [-0.39, 0.29) is 0 Å². The molecule has 4 nitrogen and oxygen atoms in total. The number of benzene rings is 8. The molecular weight excluding hydrogens is 671 g/mol. The van der Waals surface area contributed by atoms with E-state index in [4.69, 9.17) is 19.4 Å². The summed E-state index contributed by atoms with van der Waals surface area (Å²) >= 11 is 0. The number of hydrogen-bond donors (Lipinski definition) is 0. The van der Waals surface area contributed by atoms with Crippen LogP contribution in [0.5, 0.6) is 0 Å². The molecule has 0 saturated heterocycles. The molecule has 0 atom stereocenters. The molecule has 4 heteroatoms. The number of para-hydroxylation sites is 1. The highest BCUT2D eigenvalue weighted by Gasteiger charge is 2.21. The van der Waals surface area contributed by atoms with E-state index in [1.807, 2.05) is 60.7 Å². The predicted octanol–water partition coefficient (Wildman–Crippen LogP) is 13.4. The fourth-order valence-electron chi connectivity index (χ4n) is 7.40. The van der Waals surface area contributed by atoms with Crippen LogP contribution in [0, 0.1) is 0 Å². The molecule has 258 valence electrons. The lowest BCUT2D eigenvalue weighted by atomic mass is 9.92. The lowest BCUT2D eigenvalue weighted by molar-refractivity contribution is 0.669. The molecule has 0 N–H and O–H groups in total. The minimum Gasteiger partial charge on any atom is -0.456 e. The molecule has 0 bridgehead atoms. The SMILES string of the molecule is c1ccc(-c2ccc(-c3ccc(-c4nc(-c5ccccc5)nc(-c5ccc6oc7ccccc7c6c5-c5ccc(-c6ccccc6)cc5)n4)cc3)cc2)cc1. The number of fused-ring (bicyclic) bond motifs is 3. The molecule has 0 aliphatic carbocycles. The van der Waals surface area contributed by atoms with Crippen molar-refractivity contribution in [3.8, 4) is 78.7 Å². The minimum absolute atomic E-state index is 0.596. The number of furan rings is 1. The maximum atomic E-state index is 6.41. The zero-order valence-electron chi connectivity index (χ0n) is 29.8. The summed E-state index contributed by atoms with van der Waals surface area (Å²) in [5.41, 5.74) is 13.5. The summed E-state index contributed by atoms with van der Waals surface area (Å²) in [7, 11) is 0. The fraction of sp³-hybridized carbons (Fsp3) is 0. The fourth-order valence-corrected chi connectivity index (χ4v) is 7.40. The molecule has 0 radical (unpaired) electrons. The van der Waals surface area contributed by atoms with E-state index in [1.165, 1.54) is 16.7 Å². The zero-order valence-corrected chi connectivity index (χ0v) is 29.8. The maximum Gasteiger partial charge on any atom is 0.164 e. The highest BCUT2D eigenvalue weighted by Crippen LogP contribution is 2.43. The molecule has 10 aromatic rings. The predicted molar refractivity (Wildman–Crippen MR) is 225 cm³/mol. The first-order chi connectivity index (χ1) is 27.2. The average Bonchev–Trinajstić information content (AvgIpc) is 3.66. The summed E-state index contributed by atoms with van der Waals surface area (Å²) < 4.78 is 6.41. The van der Waals surface area contributed by atoms with Crippen molar-refractivity contribution in [1.82, 2.24) is 15.0 Å². The summed E-state index contributed by atoms with van der Waals surface area (Å²) in [5.74, 6) is 1.82. The van der Waals surface area contributed by atoms with Gasteiger partial charge < -0.3 is 4.42 Å². The van der Waals surface area contributed by atoms with Crippen LogP contribution < -0.4 is 0 Å². The molecule has 0 spiro atoms. The zero-order chi connectivity index (χ0) is 36.6. The van der Waals surface area contributed by atoms with Crippen LogP contribution >= 0.6 is 0 Å².